The number of unbranched alkanes of at least 4 members (excludes halogenated alkanes) is 1. The molecule has 1 rings (SSSR count). The lowest BCUT2D eigenvalue weighted by Crippen LogP contribution is -2.46. The molecule has 3 atom stereocenters. The second-order valence-corrected chi connectivity index (χ2v) is 7.14. The van der Waals surface area contributed by atoms with Crippen molar-refractivity contribution in [3.05, 3.63) is 0 Å². The summed E-state index contributed by atoms with van der Waals surface area (Å²) >= 11 is 17.1. The van der Waals surface area contributed by atoms with Crippen LogP contribution in [0.4, 0.5) is 0 Å². The molecule has 114 valence electrons. The van der Waals surface area contributed by atoms with Gasteiger partial charge in [-0.15, -0.1) is 0 Å². The Morgan fingerprint density at radius 1 is 1.10 bits per heavy atom. The van der Waals surface area contributed by atoms with Crippen LogP contribution in [0.5, 0.6) is 0 Å². The maximum Gasteiger partial charge on any atom is 0.227 e. The molecule has 0 heterocycles. The third-order valence-electron chi connectivity index (χ3n) is 4.28. The molecule has 20 heavy (non-hydrogen) atoms. The Morgan fingerprint density at radius 3 is 2.10 bits per heavy atom. The zero-order chi connectivity index (χ0) is 15.6. The van der Waals surface area contributed by atoms with Crippen LogP contribution >= 0.6 is 34.8 Å². The molecule has 0 aromatic rings. The van der Waals surface area contributed by atoms with Crippen LogP contribution < -0.4 is 0 Å². The molecule has 3 nitrogen and oxygen atoms in total. The Kier molecular flexibility index (Phi) is 6.06. The highest BCUT2D eigenvalue weighted by atomic mass is 35.5. The second kappa shape index (κ2) is 6.76. The summed E-state index contributed by atoms with van der Waals surface area (Å²) in [6, 6.07) is 0. The van der Waals surface area contributed by atoms with Crippen molar-refractivity contribution in [1.29, 1.82) is 0 Å². The van der Waals surface area contributed by atoms with E-state index in [1.165, 1.54) is 0 Å². The average Bonchev–Trinajstić information content (AvgIpc) is 2.35. The molecule has 0 spiro atoms. The van der Waals surface area contributed by atoms with E-state index < -0.39 is 32.5 Å². The van der Waals surface area contributed by atoms with E-state index in [1.807, 2.05) is 6.92 Å². The van der Waals surface area contributed by atoms with Gasteiger partial charge >= 0.3 is 0 Å². The molecule has 0 N–H and O–H groups in total. The summed E-state index contributed by atoms with van der Waals surface area (Å²) in [6.45, 7) is 3.68. The summed E-state index contributed by atoms with van der Waals surface area (Å²) < 4.78 is 0. The summed E-state index contributed by atoms with van der Waals surface area (Å²) in [4.78, 5) is 35.2. The first kappa shape index (κ1) is 17.9. The van der Waals surface area contributed by atoms with Crippen molar-refractivity contribution in [2.24, 2.45) is 16.7 Å². The van der Waals surface area contributed by atoms with Gasteiger partial charge in [0.05, 0.1) is 0 Å². The second-order valence-electron chi connectivity index (χ2n) is 6.08. The van der Waals surface area contributed by atoms with Gasteiger partial charge in [0.2, 0.25) is 15.7 Å². The average molecular weight is 342 g/mol. The fourth-order valence-electron chi connectivity index (χ4n) is 3.24. The maximum absolute atomic E-state index is 12.0. The molecule has 3 unspecified atom stereocenters. The van der Waals surface area contributed by atoms with Crippen LogP contribution in [0, 0.1) is 16.7 Å². The quantitative estimate of drug-likeness (QED) is 0.678. The molecule has 0 aromatic carbocycles. The summed E-state index contributed by atoms with van der Waals surface area (Å²) in [7, 11) is 0. The lowest BCUT2D eigenvalue weighted by Gasteiger charge is -2.45. The molecule has 1 aliphatic rings. The summed E-state index contributed by atoms with van der Waals surface area (Å²) in [6.07, 6.45) is 3.11. The first-order valence-corrected chi connectivity index (χ1v) is 7.89. The molecular formula is C14H19Cl3O3. The van der Waals surface area contributed by atoms with E-state index in [9.17, 15) is 14.4 Å². The van der Waals surface area contributed by atoms with Gasteiger partial charge in [0.25, 0.3) is 0 Å². The Morgan fingerprint density at radius 2 is 1.70 bits per heavy atom. The number of hydrogen-bond donors (Lipinski definition) is 0. The highest BCUT2D eigenvalue weighted by Gasteiger charge is 2.53. The third-order valence-corrected chi connectivity index (χ3v) is 5.45. The first-order chi connectivity index (χ1) is 9.17. The van der Waals surface area contributed by atoms with Crippen LogP contribution in [0.3, 0.4) is 0 Å². The van der Waals surface area contributed by atoms with Gasteiger partial charge in [0.1, 0.15) is 0 Å². The van der Waals surface area contributed by atoms with E-state index >= 15 is 0 Å². The van der Waals surface area contributed by atoms with Crippen molar-refractivity contribution in [1.82, 2.24) is 0 Å². The minimum Gasteiger partial charge on any atom is -0.281 e. The molecule has 1 saturated carbocycles. The Bertz CT molecular complexity index is 424. The standard InChI is InChI=1S/C14H19Cl3O3/c1-3-4-5-14(12(17)20)7-9(10(15)18)6-13(2,8-14)11(16)19/h9H,3-8H2,1-2H3. The number of hydrogen-bond acceptors (Lipinski definition) is 3. The van der Waals surface area contributed by atoms with E-state index in [1.54, 1.807) is 6.92 Å². The van der Waals surface area contributed by atoms with E-state index in [-0.39, 0.29) is 12.8 Å². The Hall–Kier alpha value is -0.120. The van der Waals surface area contributed by atoms with Gasteiger partial charge in [-0.05, 0) is 60.5 Å². The number of halogens is 3. The van der Waals surface area contributed by atoms with Gasteiger partial charge in [-0.3, -0.25) is 14.4 Å². The van der Waals surface area contributed by atoms with Crippen LogP contribution in [0.2, 0.25) is 0 Å². The monoisotopic (exact) mass is 340 g/mol. The molecule has 0 radical (unpaired) electrons. The summed E-state index contributed by atoms with van der Waals surface area (Å²) in [5.74, 6) is -0.558. The molecule has 0 amide bonds. The van der Waals surface area contributed by atoms with E-state index in [4.69, 9.17) is 34.8 Å². The molecule has 0 aliphatic heterocycles. The largest absolute Gasteiger partial charge is 0.281 e. The van der Waals surface area contributed by atoms with Gasteiger partial charge in [-0.2, -0.15) is 0 Å². The zero-order valence-corrected chi connectivity index (χ0v) is 13.9. The van der Waals surface area contributed by atoms with Crippen LogP contribution in [0.25, 0.3) is 0 Å². The predicted molar refractivity (Wildman–Crippen MR) is 80.0 cm³/mol. The van der Waals surface area contributed by atoms with Gasteiger partial charge in [0.15, 0.2) is 0 Å². The van der Waals surface area contributed by atoms with Crippen molar-refractivity contribution in [3.8, 4) is 0 Å². The highest BCUT2D eigenvalue weighted by Crippen LogP contribution is 2.53. The molecule has 1 fully saturated rings. The smallest absolute Gasteiger partial charge is 0.227 e. The lowest BCUT2D eigenvalue weighted by atomic mass is 9.58. The van der Waals surface area contributed by atoms with Crippen molar-refractivity contribution < 1.29 is 14.4 Å². The molecule has 0 aromatic heterocycles. The Labute approximate surface area is 134 Å². The minimum atomic E-state index is -0.937. The first-order valence-electron chi connectivity index (χ1n) is 6.76. The van der Waals surface area contributed by atoms with Gasteiger partial charge in [-0.1, -0.05) is 26.7 Å². The van der Waals surface area contributed by atoms with Crippen LogP contribution in [0.15, 0.2) is 0 Å². The van der Waals surface area contributed by atoms with E-state index in [2.05, 4.69) is 0 Å². The molecule has 1 aliphatic carbocycles. The van der Waals surface area contributed by atoms with Gasteiger partial charge < -0.3 is 0 Å². The van der Waals surface area contributed by atoms with Crippen LogP contribution in [-0.4, -0.2) is 15.7 Å². The Balaban J connectivity index is 3.17. The van der Waals surface area contributed by atoms with Crippen molar-refractivity contribution >= 4 is 50.5 Å². The topological polar surface area (TPSA) is 51.2 Å². The molecule has 0 bridgehead atoms. The lowest BCUT2D eigenvalue weighted by molar-refractivity contribution is -0.136. The highest BCUT2D eigenvalue weighted by molar-refractivity contribution is 6.66. The van der Waals surface area contributed by atoms with Gasteiger partial charge in [-0.25, -0.2) is 0 Å². The third kappa shape index (κ3) is 3.75. The van der Waals surface area contributed by atoms with Crippen LogP contribution in [-0.2, 0) is 14.4 Å². The number of carbonyl (C=O) groups is 3. The maximum atomic E-state index is 12.0. The number of rotatable bonds is 6. The van der Waals surface area contributed by atoms with E-state index in [0.717, 1.165) is 12.8 Å². The fourth-order valence-corrected chi connectivity index (χ4v) is 3.78. The van der Waals surface area contributed by atoms with Gasteiger partial charge in [0, 0.05) is 16.7 Å². The molecule has 0 saturated heterocycles. The SMILES string of the molecule is CCCCC1(C(=O)Cl)CC(C(=O)Cl)CC(C)(C(=O)Cl)C1. The minimum absolute atomic E-state index is 0.274. The van der Waals surface area contributed by atoms with Crippen LogP contribution in [0.1, 0.15) is 52.4 Å². The normalized spacial score (nSPS) is 33.8. The summed E-state index contributed by atoms with van der Waals surface area (Å²) in [5, 5.41) is -1.58. The fraction of sp³-hybridized carbons (Fsp3) is 0.786. The number of carbonyl (C=O) groups excluding carboxylic acids is 3. The van der Waals surface area contributed by atoms with Crippen molar-refractivity contribution in [2.75, 3.05) is 0 Å². The zero-order valence-electron chi connectivity index (χ0n) is 11.7. The predicted octanol–water partition coefficient (Wildman–Crippen LogP) is 4.27. The van der Waals surface area contributed by atoms with Crippen molar-refractivity contribution in [2.45, 2.75) is 52.4 Å². The summed E-state index contributed by atoms with van der Waals surface area (Å²) in [5.41, 5.74) is -1.82. The molecular weight excluding hydrogens is 323 g/mol. The van der Waals surface area contributed by atoms with Crippen molar-refractivity contribution in [3.63, 3.8) is 0 Å². The van der Waals surface area contributed by atoms with E-state index in [0.29, 0.717) is 12.8 Å². The molecule has 6 heteroatoms.